The van der Waals surface area contributed by atoms with E-state index in [-0.39, 0.29) is 12.0 Å². The smallest absolute Gasteiger partial charge is 0.326 e. The molecule has 2 unspecified atom stereocenters. The maximum Gasteiger partial charge on any atom is 0.326 e. The Balaban J connectivity index is 2.04. The van der Waals surface area contributed by atoms with E-state index in [2.05, 4.69) is 29.4 Å². The molecule has 0 amide bonds. The van der Waals surface area contributed by atoms with E-state index in [1.807, 2.05) is 6.92 Å². The molecule has 0 bridgehead atoms. The average Bonchev–Trinajstić information content (AvgIpc) is 3.00. The molecule has 1 fully saturated rings. The summed E-state index contributed by atoms with van der Waals surface area (Å²) < 4.78 is 6.25. The van der Waals surface area contributed by atoms with Gasteiger partial charge in [-0.05, 0) is 40.0 Å². The summed E-state index contributed by atoms with van der Waals surface area (Å²) in [5.74, 6) is -0.117. The third-order valence-electron chi connectivity index (χ3n) is 3.31. The van der Waals surface area contributed by atoms with Gasteiger partial charge in [-0.25, -0.2) is 0 Å². The number of ether oxygens (including phenoxy) is 1. The molecule has 1 aliphatic rings. The first kappa shape index (κ1) is 15.7. The van der Waals surface area contributed by atoms with Crippen LogP contribution in [-0.2, 0) is 9.53 Å². The zero-order valence-electron chi connectivity index (χ0n) is 12.1. The highest BCUT2D eigenvalue weighted by Gasteiger charge is 2.47. The fraction of sp³-hybridized carbons (Fsp3) is 0.769. The summed E-state index contributed by atoms with van der Waals surface area (Å²) in [4.78, 5) is 12.3. The Bertz CT molecular complexity index is 439. The van der Waals surface area contributed by atoms with Crippen LogP contribution in [0.15, 0.2) is 9.85 Å². The van der Waals surface area contributed by atoms with Gasteiger partial charge in [0.05, 0.1) is 6.61 Å². The number of nitrogens with zero attached hydrogens (tertiary/aromatic N) is 2. The summed E-state index contributed by atoms with van der Waals surface area (Å²) in [7, 11) is 0. The number of nitrogens with one attached hydrogen (secondary N) is 1. The van der Waals surface area contributed by atoms with Crippen molar-refractivity contribution in [3.05, 3.63) is 5.51 Å². The first-order valence-corrected chi connectivity index (χ1v) is 8.69. The average molecular weight is 315 g/mol. The van der Waals surface area contributed by atoms with Crippen molar-refractivity contribution in [2.24, 2.45) is 0 Å². The molecule has 1 N–H and O–H groups in total. The lowest BCUT2D eigenvalue weighted by molar-refractivity contribution is -0.151. The summed E-state index contributed by atoms with van der Waals surface area (Å²) >= 11 is 3.27. The van der Waals surface area contributed by atoms with Crippen LogP contribution in [0.2, 0.25) is 0 Å². The normalized spacial score (nSPS) is 26.1. The Morgan fingerprint density at radius 2 is 2.50 bits per heavy atom. The lowest BCUT2D eigenvalue weighted by Crippen LogP contribution is -2.54. The number of hydrogen-bond acceptors (Lipinski definition) is 7. The van der Waals surface area contributed by atoms with Crippen LogP contribution >= 0.6 is 23.1 Å². The van der Waals surface area contributed by atoms with Gasteiger partial charge in [-0.3, -0.25) is 10.1 Å². The number of hydrogen-bond donors (Lipinski definition) is 1. The molecule has 0 saturated heterocycles. The fourth-order valence-electron chi connectivity index (χ4n) is 2.65. The number of thioether (sulfide) groups is 1. The van der Waals surface area contributed by atoms with Gasteiger partial charge in [0, 0.05) is 11.3 Å². The number of rotatable bonds is 6. The van der Waals surface area contributed by atoms with Crippen LogP contribution in [0.4, 0.5) is 0 Å². The zero-order chi connectivity index (χ0) is 14.6. The molecule has 1 aromatic rings. The summed E-state index contributed by atoms with van der Waals surface area (Å²) in [5.41, 5.74) is 1.20. The predicted molar refractivity (Wildman–Crippen MR) is 81.0 cm³/mol. The molecule has 7 heteroatoms. The van der Waals surface area contributed by atoms with Gasteiger partial charge in [0.2, 0.25) is 0 Å². The molecular weight excluding hydrogens is 294 g/mol. The molecule has 1 heterocycles. The van der Waals surface area contributed by atoms with Crippen molar-refractivity contribution in [2.45, 2.75) is 61.2 Å². The lowest BCUT2D eigenvalue weighted by atomic mass is 9.96. The van der Waals surface area contributed by atoms with Crippen molar-refractivity contribution >= 4 is 29.1 Å². The molecule has 0 aliphatic heterocycles. The molecule has 2 atom stereocenters. The Labute approximate surface area is 127 Å². The van der Waals surface area contributed by atoms with Crippen molar-refractivity contribution in [2.75, 3.05) is 6.61 Å². The minimum absolute atomic E-state index is 0.117. The second-order valence-corrected chi connectivity index (χ2v) is 7.67. The zero-order valence-corrected chi connectivity index (χ0v) is 13.7. The Morgan fingerprint density at radius 1 is 1.70 bits per heavy atom. The van der Waals surface area contributed by atoms with E-state index in [0.29, 0.717) is 11.9 Å². The van der Waals surface area contributed by atoms with E-state index in [9.17, 15) is 4.79 Å². The van der Waals surface area contributed by atoms with Gasteiger partial charge in [0.15, 0.2) is 4.34 Å². The molecule has 112 valence electrons. The number of carbonyl (C=O) groups excluding carboxylic acids is 1. The van der Waals surface area contributed by atoms with E-state index in [0.717, 1.165) is 23.6 Å². The van der Waals surface area contributed by atoms with E-state index in [1.165, 1.54) is 0 Å². The molecule has 0 radical (unpaired) electrons. The van der Waals surface area contributed by atoms with Gasteiger partial charge < -0.3 is 4.74 Å². The van der Waals surface area contributed by atoms with Gasteiger partial charge in [0.1, 0.15) is 11.0 Å². The van der Waals surface area contributed by atoms with Crippen molar-refractivity contribution in [3.8, 4) is 0 Å². The molecular formula is C13H21N3O2S2. The van der Waals surface area contributed by atoms with E-state index in [1.54, 1.807) is 28.6 Å². The molecule has 0 spiro atoms. The number of aromatic nitrogens is 2. The van der Waals surface area contributed by atoms with Crippen molar-refractivity contribution < 1.29 is 9.53 Å². The summed E-state index contributed by atoms with van der Waals surface area (Å²) in [5, 5.41) is 11.7. The summed E-state index contributed by atoms with van der Waals surface area (Å²) in [6.07, 6.45) is 2.59. The van der Waals surface area contributed by atoms with Gasteiger partial charge in [-0.15, -0.1) is 10.2 Å². The van der Waals surface area contributed by atoms with Crippen molar-refractivity contribution in [1.82, 2.24) is 15.5 Å². The highest BCUT2D eigenvalue weighted by atomic mass is 32.2. The van der Waals surface area contributed by atoms with Crippen LogP contribution in [-0.4, -0.2) is 39.6 Å². The lowest BCUT2D eigenvalue weighted by Gasteiger charge is -2.30. The fourth-order valence-corrected chi connectivity index (χ4v) is 4.68. The van der Waals surface area contributed by atoms with Crippen LogP contribution in [0, 0.1) is 0 Å². The van der Waals surface area contributed by atoms with Crippen LogP contribution < -0.4 is 5.32 Å². The Hall–Kier alpha value is -0.660. The largest absolute Gasteiger partial charge is 0.465 e. The SMILES string of the molecule is CCOC(=O)C1(NC(C)C)CCC(Sc2nncs2)C1. The van der Waals surface area contributed by atoms with Crippen LogP contribution in [0.3, 0.4) is 0 Å². The molecule has 5 nitrogen and oxygen atoms in total. The Morgan fingerprint density at radius 3 is 3.10 bits per heavy atom. The standard InChI is InChI=1S/C13H21N3O2S2/c1-4-18-11(17)13(15-9(2)3)6-5-10(7-13)20-12-16-14-8-19-12/h8-10,15H,4-7H2,1-3H3. The van der Waals surface area contributed by atoms with E-state index >= 15 is 0 Å². The molecule has 0 aromatic carbocycles. The molecule has 1 aliphatic carbocycles. The third-order valence-corrected chi connectivity index (χ3v) is 5.39. The summed E-state index contributed by atoms with van der Waals surface area (Å²) in [6.45, 7) is 6.40. The van der Waals surface area contributed by atoms with E-state index < -0.39 is 5.54 Å². The second-order valence-electron chi connectivity index (χ2n) is 5.29. The van der Waals surface area contributed by atoms with Crippen molar-refractivity contribution in [3.63, 3.8) is 0 Å². The molecule has 20 heavy (non-hydrogen) atoms. The quantitative estimate of drug-likeness (QED) is 0.814. The highest BCUT2D eigenvalue weighted by molar-refractivity contribution is 8.01. The summed E-state index contributed by atoms with van der Waals surface area (Å²) in [6, 6.07) is 0.254. The topological polar surface area (TPSA) is 64.1 Å². The highest BCUT2D eigenvalue weighted by Crippen LogP contribution is 2.41. The minimum atomic E-state index is -0.535. The first-order valence-electron chi connectivity index (χ1n) is 6.93. The van der Waals surface area contributed by atoms with Crippen LogP contribution in [0.5, 0.6) is 0 Å². The minimum Gasteiger partial charge on any atom is -0.465 e. The third kappa shape index (κ3) is 3.71. The predicted octanol–water partition coefficient (Wildman–Crippen LogP) is 2.48. The molecule has 2 rings (SSSR count). The molecule has 1 aromatic heterocycles. The number of carbonyl (C=O) groups is 1. The van der Waals surface area contributed by atoms with Crippen molar-refractivity contribution in [1.29, 1.82) is 0 Å². The monoisotopic (exact) mass is 315 g/mol. The van der Waals surface area contributed by atoms with Crippen LogP contribution in [0.1, 0.15) is 40.0 Å². The van der Waals surface area contributed by atoms with Gasteiger partial charge in [-0.1, -0.05) is 23.1 Å². The van der Waals surface area contributed by atoms with Gasteiger partial charge >= 0.3 is 5.97 Å². The maximum absolute atomic E-state index is 12.3. The van der Waals surface area contributed by atoms with E-state index in [4.69, 9.17) is 4.74 Å². The second kappa shape index (κ2) is 6.87. The number of esters is 1. The first-order chi connectivity index (χ1) is 9.55. The Kier molecular flexibility index (Phi) is 5.40. The van der Waals surface area contributed by atoms with Crippen LogP contribution in [0.25, 0.3) is 0 Å². The molecule has 1 saturated carbocycles. The van der Waals surface area contributed by atoms with Gasteiger partial charge in [0.25, 0.3) is 0 Å². The van der Waals surface area contributed by atoms with Gasteiger partial charge in [-0.2, -0.15) is 0 Å². The maximum atomic E-state index is 12.3.